The third kappa shape index (κ3) is 5.88. The van der Waals surface area contributed by atoms with E-state index in [0.29, 0.717) is 11.6 Å². The van der Waals surface area contributed by atoms with Crippen LogP contribution in [0.4, 0.5) is 0 Å². The van der Waals surface area contributed by atoms with Crippen molar-refractivity contribution in [2.75, 3.05) is 26.7 Å². The number of fused-ring (bicyclic) bond motifs is 2. The van der Waals surface area contributed by atoms with Crippen LogP contribution in [0.1, 0.15) is 32.9 Å². The van der Waals surface area contributed by atoms with Gasteiger partial charge in [0, 0.05) is 60.8 Å². The average molecular weight is 616 g/mol. The Morgan fingerprint density at radius 1 is 1.18 bits per heavy atom. The highest BCUT2D eigenvalue weighted by molar-refractivity contribution is 7.91. The molecule has 2 atom stereocenters. The fourth-order valence-corrected chi connectivity index (χ4v) is 9.28. The van der Waals surface area contributed by atoms with Gasteiger partial charge in [-0.25, -0.2) is 13.4 Å². The minimum Gasteiger partial charge on any atom is -0.357 e. The van der Waals surface area contributed by atoms with E-state index in [-0.39, 0.29) is 35.8 Å². The van der Waals surface area contributed by atoms with Crippen LogP contribution in [0, 0.1) is 11.5 Å². The van der Waals surface area contributed by atoms with Gasteiger partial charge in [0.15, 0.2) is 5.01 Å². The van der Waals surface area contributed by atoms with Crippen molar-refractivity contribution in [1.82, 2.24) is 24.8 Å². The van der Waals surface area contributed by atoms with Gasteiger partial charge >= 0.3 is 0 Å². The number of hydrogen-bond donors (Lipinski definition) is 2. The average Bonchev–Trinajstić information content (AvgIpc) is 3.54. The van der Waals surface area contributed by atoms with E-state index < -0.39 is 30.0 Å². The first-order chi connectivity index (χ1) is 18.9. The molecule has 1 aromatic carbocycles. The summed E-state index contributed by atoms with van der Waals surface area (Å²) in [6.45, 7) is 9.32. The number of amides is 2. The van der Waals surface area contributed by atoms with Gasteiger partial charge in [-0.05, 0) is 30.5 Å². The molecule has 2 aromatic heterocycles. The SMILES string of the molecule is CNC(=O)C1CN(S(=O)(=O)c2cc3ccc(C#C[Si](C)(C)C)cc3s2)CCN1C(=O)c1nc2c(s1)CNC(C)C2. The molecule has 0 radical (unpaired) electrons. The molecule has 0 saturated carbocycles. The number of nitrogens with one attached hydrogen (secondary N) is 2. The Morgan fingerprint density at radius 2 is 1.95 bits per heavy atom. The number of piperazine rings is 1. The van der Waals surface area contributed by atoms with E-state index in [1.54, 1.807) is 6.07 Å². The van der Waals surface area contributed by atoms with Gasteiger partial charge < -0.3 is 15.5 Å². The fourth-order valence-electron chi connectivity index (χ4n) is 4.73. The molecule has 1 saturated heterocycles. The third-order valence-electron chi connectivity index (χ3n) is 6.90. The molecule has 0 spiro atoms. The summed E-state index contributed by atoms with van der Waals surface area (Å²) in [5, 5.41) is 7.14. The van der Waals surface area contributed by atoms with Crippen LogP contribution < -0.4 is 10.6 Å². The van der Waals surface area contributed by atoms with Crippen LogP contribution in [-0.4, -0.2) is 81.3 Å². The number of sulfonamides is 1. The van der Waals surface area contributed by atoms with E-state index in [0.717, 1.165) is 32.6 Å². The van der Waals surface area contributed by atoms with E-state index in [1.807, 2.05) is 18.2 Å². The van der Waals surface area contributed by atoms with Crippen molar-refractivity contribution in [2.24, 2.45) is 0 Å². The van der Waals surface area contributed by atoms with Crippen molar-refractivity contribution in [3.63, 3.8) is 0 Å². The van der Waals surface area contributed by atoms with Crippen LogP contribution in [0.5, 0.6) is 0 Å². The second-order valence-electron chi connectivity index (χ2n) is 11.2. The van der Waals surface area contributed by atoms with Crippen molar-refractivity contribution in [2.45, 2.75) is 55.8 Å². The van der Waals surface area contributed by atoms with Gasteiger partial charge in [0.05, 0.1) is 5.69 Å². The molecular weight excluding hydrogens is 583 g/mol. The molecule has 5 rings (SSSR count). The zero-order valence-electron chi connectivity index (χ0n) is 23.2. The minimum atomic E-state index is -3.89. The highest BCUT2D eigenvalue weighted by atomic mass is 32.2. The summed E-state index contributed by atoms with van der Waals surface area (Å²) in [5.74, 6) is 2.48. The van der Waals surface area contributed by atoms with Crippen LogP contribution in [0.2, 0.25) is 19.6 Å². The zero-order valence-corrected chi connectivity index (χ0v) is 26.6. The zero-order chi connectivity index (χ0) is 28.8. The second kappa shape index (κ2) is 11.0. The molecule has 40 heavy (non-hydrogen) atoms. The first-order valence-corrected chi connectivity index (χ1v) is 19.7. The van der Waals surface area contributed by atoms with Crippen molar-refractivity contribution in [3.8, 4) is 11.5 Å². The Balaban J connectivity index is 1.38. The number of thiophene rings is 1. The maximum Gasteiger partial charge on any atom is 0.283 e. The van der Waals surface area contributed by atoms with Gasteiger partial charge in [0.25, 0.3) is 15.9 Å². The Labute approximate surface area is 244 Å². The predicted molar refractivity (Wildman–Crippen MR) is 162 cm³/mol. The Morgan fingerprint density at radius 3 is 2.67 bits per heavy atom. The minimum absolute atomic E-state index is 0.0897. The Bertz CT molecular complexity index is 1650. The standard InChI is InChI=1S/C27H33N5O4S3Si/c1-17-12-20-23(15-29-17)38-26(30-20)27(34)32-10-9-31(16-21(32)25(33)28-2)39(35,36)24-14-19-7-6-18(13-22(19)37-24)8-11-40(3,4)5/h6-7,13-14,17,21,29H,9-10,12,15-16H2,1-5H3,(H,28,33). The maximum atomic E-state index is 13.7. The molecule has 2 unspecified atom stereocenters. The number of hydrogen-bond acceptors (Lipinski definition) is 8. The smallest absolute Gasteiger partial charge is 0.283 e. The van der Waals surface area contributed by atoms with Crippen molar-refractivity contribution < 1.29 is 18.0 Å². The molecule has 2 amide bonds. The Hall–Kier alpha value is -2.60. The number of carbonyl (C=O) groups excluding carboxylic acids is 2. The highest BCUT2D eigenvalue weighted by Crippen LogP contribution is 2.33. The lowest BCUT2D eigenvalue weighted by molar-refractivity contribution is -0.126. The number of nitrogens with zero attached hydrogens (tertiary/aromatic N) is 3. The number of thiazole rings is 1. The quantitative estimate of drug-likeness (QED) is 0.345. The molecule has 3 aromatic rings. The molecule has 0 aliphatic carbocycles. The topological polar surface area (TPSA) is 112 Å². The summed E-state index contributed by atoms with van der Waals surface area (Å²) >= 11 is 2.54. The number of likely N-dealkylation sites (N-methyl/N-ethyl adjacent to an activating group) is 1. The van der Waals surface area contributed by atoms with Gasteiger partial charge in [-0.2, -0.15) is 4.31 Å². The molecule has 4 heterocycles. The van der Waals surface area contributed by atoms with Crippen LogP contribution >= 0.6 is 22.7 Å². The molecule has 2 aliphatic rings. The molecule has 9 nitrogen and oxygen atoms in total. The summed E-state index contributed by atoms with van der Waals surface area (Å²) in [6, 6.07) is 6.73. The van der Waals surface area contributed by atoms with Crippen molar-refractivity contribution in [1.29, 1.82) is 0 Å². The molecular formula is C27H33N5O4S3Si. The third-order valence-corrected chi connectivity index (χ3v) is 12.3. The van der Waals surface area contributed by atoms with Crippen LogP contribution in [0.15, 0.2) is 28.5 Å². The number of aromatic nitrogens is 1. The molecule has 13 heteroatoms. The van der Waals surface area contributed by atoms with Gasteiger partial charge in [-0.15, -0.1) is 28.2 Å². The number of benzene rings is 1. The molecule has 0 bridgehead atoms. The fraction of sp³-hybridized carbons (Fsp3) is 0.444. The summed E-state index contributed by atoms with van der Waals surface area (Å²) in [6.07, 6.45) is 0.742. The van der Waals surface area contributed by atoms with Crippen molar-refractivity contribution >= 4 is 62.7 Å². The van der Waals surface area contributed by atoms with Gasteiger partial charge in [-0.3, -0.25) is 9.59 Å². The van der Waals surface area contributed by atoms with Gasteiger partial charge in [-0.1, -0.05) is 31.6 Å². The van der Waals surface area contributed by atoms with Crippen LogP contribution in [0.3, 0.4) is 0 Å². The van der Waals surface area contributed by atoms with E-state index in [4.69, 9.17) is 0 Å². The lowest BCUT2D eigenvalue weighted by Crippen LogP contribution is -2.61. The first-order valence-electron chi connectivity index (χ1n) is 13.2. The number of carbonyl (C=O) groups is 2. The van der Waals surface area contributed by atoms with E-state index >= 15 is 0 Å². The largest absolute Gasteiger partial charge is 0.357 e. The van der Waals surface area contributed by atoms with Crippen molar-refractivity contribution in [3.05, 3.63) is 45.4 Å². The van der Waals surface area contributed by atoms with Crippen LogP contribution in [-0.2, 0) is 27.8 Å². The predicted octanol–water partition coefficient (Wildman–Crippen LogP) is 2.88. The van der Waals surface area contributed by atoms with Gasteiger partial charge in [0.2, 0.25) is 5.91 Å². The van der Waals surface area contributed by atoms with E-state index in [1.165, 1.54) is 38.9 Å². The molecule has 1 fully saturated rings. The Kier molecular flexibility index (Phi) is 7.95. The lowest BCUT2D eigenvalue weighted by Gasteiger charge is -2.39. The monoisotopic (exact) mass is 615 g/mol. The van der Waals surface area contributed by atoms with Crippen LogP contribution in [0.25, 0.3) is 10.1 Å². The van der Waals surface area contributed by atoms with E-state index in [2.05, 4.69) is 53.6 Å². The summed E-state index contributed by atoms with van der Waals surface area (Å²) in [7, 11) is -3.94. The second-order valence-corrected chi connectivity index (χ2v) is 20.3. The summed E-state index contributed by atoms with van der Waals surface area (Å²) < 4.78 is 29.8. The molecule has 2 N–H and O–H groups in total. The highest BCUT2D eigenvalue weighted by Gasteiger charge is 2.41. The normalized spacial score (nSPS) is 20.1. The molecule has 2 aliphatic heterocycles. The van der Waals surface area contributed by atoms with Gasteiger partial charge in [0.1, 0.15) is 18.3 Å². The van der Waals surface area contributed by atoms with E-state index in [9.17, 15) is 18.0 Å². The number of rotatable bonds is 4. The summed E-state index contributed by atoms with van der Waals surface area (Å²) in [5.41, 5.74) is 5.12. The lowest BCUT2D eigenvalue weighted by atomic mass is 10.1. The molecule has 212 valence electrons. The first kappa shape index (κ1) is 28.9. The summed E-state index contributed by atoms with van der Waals surface area (Å²) in [4.78, 5) is 33.5. The maximum absolute atomic E-state index is 13.7.